The van der Waals surface area contributed by atoms with Gasteiger partial charge in [-0.1, -0.05) is 0 Å². The van der Waals surface area contributed by atoms with Gasteiger partial charge < -0.3 is 25.3 Å². The molecule has 3 rings (SSSR count). The molecule has 2 heterocycles. The third-order valence-corrected chi connectivity index (χ3v) is 3.83. The fourth-order valence-electron chi connectivity index (χ4n) is 2.75. The predicted molar refractivity (Wildman–Crippen MR) is 72.0 cm³/mol. The van der Waals surface area contributed by atoms with Gasteiger partial charge in [0.2, 0.25) is 5.79 Å². The molecule has 2 aromatic rings. The minimum Gasteiger partial charge on any atom is -0.497 e. The zero-order valence-electron chi connectivity index (χ0n) is 10.8. The van der Waals surface area contributed by atoms with Crippen molar-refractivity contribution in [3.63, 3.8) is 0 Å². The maximum atomic E-state index is 10.5. The smallest absolute Gasteiger partial charge is 0.207 e. The third kappa shape index (κ3) is 2.00. The van der Waals surface area contributed by atoms with E-state index in [9.17, 15) is 10.2 Å². The van der Waals surface area contributed by atoms with Crippen LogP contribution in [0.1, 0.15) is 18.4 Å². The molecule has 1 aliphatic rings. The summed E-state index contributed by atoms with van der Waals surface area (Å²) >= 11 is 0. The molecule has 1 aromatic carbocycles. The number of aliphatic hydroxyl groups is 2. The summed E-state index contributed by atoms with van der Waals surface area (Å²) in [5.74, 6) is -1.18. The van der Waals surface area contributed by atoms with Crippen LogP contribution in [0.5, 0.6) is 5.75 Å². The number of hydrogen-bond acceptors (Lipinski definition) is 4. The van der Waals surface area contributed by atoms with Crippen LogP contribution in [0.3, 0.4) is 0 Å². The average Bonchev–Trinajstić information content (AvgIpc) is 3.07. The Hall–Kier alpha value is -1.56. The molecule has 5 nitrogen and oxygen atoms in total. The van der Waals surface area contributed by atoms with E-state index in [1.54, 1.807) is 13.3 Å². The number of benzene rings is 1. The van der Waals surface area contributed by atoms with Crippen LogP contribution in [0.2, 0.25) is 0 Å². The maximum Gasteiger partial charge on any atom is 0.207 e. The SMILES string of the molecule is COc1ccc2[nH]cc(C(O)(O)C3CCCN3)c2c1. The lowest BCUT2D eigenvalue weighted by Gasteiger charge is -2.28. The van der Waals surface area contributed by atoms with E-state index in [4.69, 9.17) is 4.74 Å². The Morgan fingerprint density at radius 3 is 2.89 bits per heavy atom. The molecule has 0 spiro atoms. The molecule has 1 aromatic heterocycles. The summed E-state index contributed by atoms with van der Waals surface area (Å²) in [5.41, 5.74) is 1.35. The van der Waals surface area contributed by atoms with Crippen molar-refractivity contribution >= 4 is 10.9 Å². The molecule has 5 heteroatoms. The first kappa shape index (κ1) is 12.5. The van der Waals surface area contributed by atoms with Gasteiger partial charge in [-0.3, -0.25) is 0 Å². The number of hydrogen-bond donors (Lipinski definition) is 4. The van der Waals surface area contributed by atoms with E-state index >= 15 is 0 Å². The molecule has 0 saturated carbocycles. The summed E-state index contributed by atoms with van der Waals surface area (Å²) in [6, 6.07) is 5.19. The number of aromatic nitrogens is 1. The van der Waals surface area contributed by atoms with Crippen molar-refractivity contribution in [1.29, 1.82) is 0 Å². The summed E-state index contributed by atoms with van der Waals surface area (Å²) in [6.07, 6.45) is 3.37. The van der Waals surface area contributed by atoms with Gasteiger partial charge in [0.05, 0.1) is 13.2 Å². The molecule has 1 unspecified atom stereocenters. The van der Waals surface area contributed by atoms with E-state index in [0.29, 0.717) is 11.3 Å². The number of H-pyrrole nitrogens is 1. The van der Waals surface area contributed by atoms with Crippen LogP contribution < -0.4 is 10.1 Å². The number of rotatable bonds is 3. The molecule has 0 amide bonds. The lowest BCUT2D eigenvalue weighted by molar-refractivity contribution is -0.188. The molecule has 102 valence electrons. The molecule has 1 atom stereocenters. The summed E-state index contributed by atoms with van der Waals surface area (Å²) in [6.45, 7) is 0.819. The second kappa shape index (κ2) is 4.52. The average molecular weight is 262 g/mol. The normalized spacial score (nSPS) is 20.1. The van der Waals surface area contributed by atoms with Crippen molar-refractivity contribution in [3.8, 4) is 5.75 Å². The third-order valence-electron chi connectivity index (χ3n) is 3.83. The summed E-state index contributed by atoms with van der Waals surface area (Å²) in [5, 5.41) is 24.8. The number of aromatic amines is 1. The van der Waals surface area contributed by atoms with Crippen molar-refractivity contribution in [1.82, 2.24) is 10.3 Å². The van der Waals surface area contributed by atoms with Crippen LogP contribution in [0.15, 0.2) is 24.4 Å². The first-order valence-electron chi connectivity index (χ1n) is 6.46. The number of ether oxygens (including phenoxy) is 1. The Morgan fingerprint density at radius 2 is 2.21 bits per heavy atom. The van der Waals surface area contributed by atoms with Crippen LogP contribution in [-0.2, 0) is 5.79 Å². The molecular weight excluding hydrogens is 244 g/mol. The molecule has 1 fully saturated rings. The summed E-state index contributed by atoms with van der Waals surface area (Å²) < 4.78 is 5.19. The first-order valence-corrected chi connectivity index (χ1v) is 6.46. The second-order valence-electron chi connectivity index (χ2n) is 4.99. The predicted octanol–water partition coefficient (Wildman–Crippen LogP) is 1.07. The highest BCUT2D eigenvalue weighted by molar-refractivity contribution is 5.85. The van der Waals surface area contributed by atoms with Crippen LogP contribution >= 0.6 is 0 Å². The molecule has 0 aliphatic carbocycles. The van der Waals surface area contributed by atoms with Crippen LogP contribution in [0.25, 0.3) is 10.9 Å². The van der Waals surface area contributed by atoms with E-state index in [1.807, 2.05) is 18.2 Å². The number of fused-ring (bicyclic) bond motifs is 1. The van der Waals surface area contributed by atoms with Crippen molar-refractivity contribution in [2.45, 2.75) is 24.7 Å². The molecule has 1 aliphatic heterocycles. The summed E-state index contributed by atoms with van der Waals surface area (Å²) in [4.78, 5) is 3.07. The Balaban J connectivity index is 2.08. The quantitative estimate of drug-likeness (QED) is 0.624. The van der Waals surface area contributed by atoms with Gasteiger partial charge in [-0.2, -0.15) is 0 Å². The van der Waals surface area contributed by atoms with Gasteiger partial charge >= 0.3 is 0 Å². The van der Waals surface area contributed by atoms with Crippen molar-refractivity contribution in [3.05, 3.63) is 30.0 Å². The van der Waals surface area contributed by atoms with Gasteiger partial charge in [0.15, 0.2) is 0 Å². The molecular formula is C14H18N2O3. The topological polar surface area (TPSA) is 77.5 Å². The minimum atomic E-state index is -1.87. The molecule has 4 N–H and O–H groups in total. The molecule has 0 bridgehead atoms. The van der Waals surface area contributed by atoms with E-state index in [2.05, 4.69) is 10.3 Å². The lowest BCUT2D eigenvalue weighted by atomic mass is 9.96. The Kier molecular flexibility index (Phi) is 2.97. The molecule has 1 saturated heterocycles. The zero-order chi connectivity index (χ0) is 13.5. The van der Waals surface area contributed by atoms with E-state index in [0.717, 1.165) is 30.3 Å². The van der Waals surface area contributed by atoms with Gasteiger partial charge in [0.25, 0.3) is 0 Å². The van der Waals surface area contributed by atoms with Crippen molar-refractivity contribution in [2.24, 2.45) is 0 Å². The van der Waals surface area contributed by atoms with Gasteiger partial charge in [0.1, 0.15) is 5.75 Å². The highest BCUT2D eigenvalue weighted by atomic mass is 16.5. The lowest BCUT2D eigenvalue weighted by Crippen LogP contribution is -2.45. The van der Waals surface area contributed by atoms with E-state index in [1.165, 1.54) is 0 Å². The second-order valence-corrected chi connectivity index (χ2v) is 4.99. The Bertz CT molecular complexity index is 585. The summed E-state index contributed by atoms with van der Waals surface area (Å²) in [7, 11) is 1.59. The first-order chi connectivity index (χ1) is 9.13. The highest BCUT2D eigenvalue weighted by Crippen LogP contribution is 2.34. The standard InChI is InChI=1S/C14H18N2O3/c1-19-9-4-5-12-10(7-9)11(8-16-12)14(17,18)13-3-2-6-15-13/h4-5,7-8,13,15-18H,2-3,6H2,1H3. The van der Waals surface area contributed by atoms with Gasteiger partial charge in [-0.05, 0) is 37.6 Å². The maximum absolute atomic E-state index is 10.5. The van der Waals surface area contributed by atoms with Gasteiger partial charge in [-0.15, -0.1) is 0 Å². The Labute approximate surface area is 111 Å². The minimum absolute atomic E-state index is 0.335. The van der Waals surface area contributed by atoms with Gasteiger partial charge in [-0.25, -0.2) is 0 Å². The Morgan fingerprint density at radius 1 is 1.37 bits per heavy atom. The number of methoxy groups -OCH3 is 1. The van der Waals surface area contributed by atoms with Crippen LogP contribution in [-0.4, -0.2) is 34.9 Å². The fourth-order valence-corrected chi connectivity index (χ4v) is 2.75. The highest BCUT2D eigenvalue weighted by Gasteiger charge is 2.39. The molecule has 0 radical (unpaired) electrons. The monoisotopic (exact) mass is 262 g/mol. The van der Waals surface area contributed by atoms with Crippen molar-refractivity contribution in [2.75, 3.05) is 13.7 Å². The fraction of sp³-hybridized carbons (Fsp3) is 0.429. The molecule has 19 heavy (non-hydrogen) atoms. The van der Waals surface area contributed by atoms with Gasteiger partial charge in [0, 0.05) is 22.7 Å². The number of nitrogens with one attached hydrogen (secondary N) is 2. The van der Waals surface area contributed by atoms with E-state index < -0.39 is 5.79 Å². The zero-order valence-corrected chi connectivity index (χ0v) is 10.8. The van der Waals surface area contributed by atoms with Crippen LogP contribution in [0.4, 0.5) is 0 Å². The van der Waals surface area contributed by atoms with Crippen LogP contribution in [0, 0.1) is 0 Å². The largest absolute Gasteiger partial charge is 0.497 e. The van der Waals surface area contributed by atoms with E-state index in [-0.39, 0.29) is 6.04 Å². The van der Waals surface area contributed by atoms with Crippen molar-refractivity contribution < 1.29 is 14.9 Å².